The summed E-state index contributed by atoms with van der Waals surface area (Å²) in [6.45, 7) is 13.6. The second-order valence-electron chi connectivity index (χ2n) is 5.52. The maximum atomic E-state index is 11.9. The van der Waals surface area contributed by atoms with E-state index in [1.54, 1.807) is 11.3 Å². The molecular weight excluding hydrogens is 284 g/mol. The van der Waals surface area contributed by atoms with Gasteiger partial charge in [-0.1, -0.05) is 13.8 Å². The molecule has 0 saturated carbocycles. The molecule has 120 valence electrons. The fourth-order valence-electron chi connectivity index (χ4n) is 1.82. The van der Waals surface area contributed by atoms with Crippen LogP contribution >= 0.6 is 11.3 Å². The Bertz CT molecular complexity index is 429. The van der Waals surface area contributed by atoms with Crippen molar-refractivity contribution in [1.29, 1.82) is 0 Å². The maximum absolute atomic E-state index is 11.9. The lowest BCUT2D eigenvalue weighted by Crippen LogP contribution is -2.42. The molecule has 1 aromatic rings. The van der Waals surface area contributed by atoms with Crippen LogP contribution in [-0.2, 0) is 11.3 Å². The van der Waals surface area contributed by atoms with E-state index in [2.05, 4.69) is 48.2 Å². The second-order valence-corrected chi connectivity index (χ2v) is 6.62. The van der Waals surface area contributed by atoms with Crippen LogP contribution in [0.25, 0.3) is 0 Å². The number of nitrogens with zero attached hydrogens (tertiary/aromatic N) is 2. The molecule has 1 unspecified atom stereocenters. The quantitative estimate of drug-likeness (QED) is 0.734. The van der Waals surface area contributed by atoms with Crippen molar-refractivity contribution in [3.63, 3.8) is 0 Å². The molecule has 1 heterocycles. The van der Waals surface area contributed by atoms with Crippen molar-refractivity contribution in [2.75, 3.05) is 24.5 Å². The molecule has 2 N–H and O–H groups in total. The van der Waals surface area contributed by atoms with E-state index in [0.717, 1.165) is 29.6 Å². The SMILES string of the molecule is CCN(CC)c1ncc(CNC(C)C(=O)NCC(C)C)s1. The number of hydrogen-bond donors (Lipinski definition) is 2. The van der Waals surface area contributed by atoms with Crippen molar-refractivity contribution in [3.8, 4) is 0 Å². The molecule has 1 atom stereocenters. The Balaban J connectivity index is 2.42. The summed E-state index contributed by atoms with van der Waals surface area (Å²) in [5, 5.41) is 7.24. The summed E-state index contributed by atoms with van der Waals surface area (Å²) in [4.78, 5) is 19.7. The lowest BCUT2D eigenvalue weighted by Gasteiger charge is -2.16. The number of anilines is 1. The van der Waals surface area contributed by atoms with Crippen LogP contribution in [0.15, 0.2) is 6.20 Å². The highest BCUT2D eigenvalue weighted by Gasteiger charge is 2.13. The number of carbonyl (C=O) groups is 1. The Morgan fingerprint density at radius 3 is 2.57 bits per heavy atom. The monoisotopic (exact) mass is 312 g/mol. The second kappa shape index (κ2) is 9.00. The van der Waals surface area contributed by atoms with Crippen LogP contribution in [0.4, 0.5) is 5.13 Å². The minimum Gasteiger partial charge on any atom is -0.354 e. The van der Waals surface area contributed by atoms with Gasteiger partial charge in [0.1, 0.15) is 0 Å². The number of thiazole rings is 1. The summed E-state index contributed by atoms with van der Waals surface area (Å²) in [7, 11) is 0. The molecule has 0 saturated heterocycles. The number of carbonyl (C=O) groups excluding carboxylic acids is 1. The van der Waals surface area contributed by atoms with E-state index in [1.165, 1.54) is 0 Å². The number of hydrogen-bond acceptors (Lipinski definition) is 5. The predicted molar refractivity (Wildman–Crippen MR) is 89.8 cm³/mol. The summed E-state index contributed by atoms with van der Waals surface area (Å²) in [6, 6.07) is -0.192. The zero-order valence-corrected chi connectivity index (χ0v) is 14.6. The fraction of sp³-hybridized carbons (Fsp3) is 0.733. The van der Waals surface area contributed by atoms with Crippen molar-refractivity contribution >= 4 is 22.4 Å². The van der Waals surface area contributed by atoms with Crippen molar-refractivity contribution in [2.45, 2.75) is 47.2 Å². The number of aromatic nitrogens is 1. The molecule has 1 amide bonds. The van der Waals surface area contributed by atoms with E-state index in [9.17, 15) is 4.79 Å². The zero-order valence-electron chi connectivity index (χ0n) is 13.8. The van der Waals surface area contributed by atoms with Gasteiger partial charge in [-0.25, -0.2) is 4.98 Å². The molecule has 0 aliphatic rings. The first-order valence-electron chi connectivity index (χ1n) is 7.68. The van der Waals surface area contributed by atoms with Crippen LogP contribution < -0.4 is 15.5 Å². The van der Waals surface area contributed by atoms with Crippen molar-refractivity contribution in [2.24, 2.45) is 5.92 Å². The normalized spacial score (nSPS) is 12.5. The van der Waals surface area contributed by atoms with Gasteiger partial charge in [0.05, 0.1) is 6.04 Å². The number of rotatable bonds is 9. The van der Waals surface area contributed by atoms with Crippen molar-refractivity contribution < 1.29 is 4.79 Å². The van der Waals surface area contributed by atoms with E-state index >= 15 is 0 Å². The van der Waals surface area contributed by atoms with Crippen LogP contribution in [-0.4, -0.2) is 36.6 Å². The minimum atomic E-state index is -0.192. The van der Waals surface area contributed by atoms with Crippen molar-refractivity contribution in [3.05, 3.63) is 11.1 Å². The van der Waals surface area contributed by atoms with E-state index in [4.69, 9.17) is 0 Å². The van der Waals surface area contributed by atoms with E-state index in [1.807, 2.05) is 13.1 Å². The van der Waals surface area contributed by atoms with E-state index in [-0.39, 0.29) is 11.9 Å². The van der Waals surface area contributed by atoms with Crippen LogP contribution in [0, 0.1) is 5.92 Å². The third-order valence-corrected chi connectivity index (χ3v) is 4.29. The Kier molecular flexibility index (Phi) is 7.67. The molecule has 0 fully saturated rings. The molecule has 6 heteroatoms. The Labute approximate surface area is 132 Å². The first-order valence-corrected chi connectivity index (χ1v) is 8.50. The zero-order chi connectivity index (χ0) is 15.8. The molecule has 0 spiro atoms. The molecule has 0 radical (unpaired) electrons. The molecular formula is C15H28N4OS. The Morgan fingerprint density at radius 1 is 1.33 bits per heavy atom. The van der Waals surface area contributed by atoms with Gasteiger partial charge in [-0.3, -0.25) is 4.79 Å². The molecule has 0 aliphatic heterocycles. The van der Waals surface area contributed by atoms with Gasteiger partial charge in [-0.15, -0.1) is 11.3 Å². The van der Waals surface area contributed by atoms with Gasteiger partial charge in [0.15, 0.2) is 5.13 Å². The average molecular weight is 312 g/mol. The summed E-state index contributed by atoms with van der Waals surface area (Å²) in [6.07, 6.45) is 1.89. The first kappa shape index (κ1) is 17.9. The predicted octanol–water partition coefficient (Wildman–Crippen LogP) is 2.24. The Hall–Kier alpha value is -1.14. The number of nitrogens with one attached hydrogen (secondary N) is 2. The van der Waals surface area contributed by atoms with Gasteiger partial charge >= 0.3 is 0 Å². The summed E-state index contributed by atoms with van der Waals surface area (Å²) in [5.41, 5.74) is 0. The first-order chi connectivity index (χ1) is 9.97. The van der Waals surface area contributed by atoms with Gasteiger partial charge in [0, 0.05) is 37.3 Å². The maximum Gasteiger partial charge on any atom is 0.236 e. The smallest absolute Gasteiger partial charge is 0.236 e. The molecule has 1 rings (SSSR count). The van der Waals surface area contributed by atoms with Gasteiger partial charge < -0.3 is 15.5 Å². The molecule has 0 aliphatic carbocycles. The third-order valence-electron chi connectivity index (χ3n) is 3.24. The van der Waals surface area contributed by atoms with E-state index < -0.39 is 0 Å². The van der Waals surface area contributed by atoms with E-state index in [0.29, 0.717) is 12.5 Å². The lowest BCUT2D eigenvalue weighted by atomic mass is 10.2. The fourth-order valence-corrected chi connectivity index (χ4v) is 2.81. The summed E-state index contributed by atoms with van der Waals surface area (Å²) >= 11 is 1.68. The Morgan fingerprint density at radius 2 is 2.00 bits per heavy atom. The van der Waals surface area contributed by atoms with Gasteiger partial charge in [0.2, 0.25) is 5.91 Å². The third kappa shape index (κ3) is 6.01. The molecule has 0 bridgehead atoms. The van der Waals surface area contributed by atoms with Gasteiger partial charge in [-0.2, -0.15) is 0 Å². The highest BCUT2D eigenvalue weighted by Crippen LogP contribution is 2.22. The largest absolute Gasteiger partial charge is 0.354 e. The highest BCUT2D eigenvalue weighted by atomic mass is 32.1. The van der Waals surface area contributed by atoms with Crippen LogP contribution in [0.2, 0.25) is 0 Å². The number of amides is 1. The molecule has 0 aromatic carbocycles. The van der Waals surface area contributed by atoms with Gasteiger partial charge in [-0.05, 0) is 26.7 Å². The molecule has 1 aromatic heterocycles. The van der Waals surface area contributed by atoms with Crippen LogP contribution in [0.1, 0.15) is 39.5 Å². The topological polar surface area (TPSA) is 57.3 Å². The van der Waals surface area contributed by atoms with Crippen LogP contribution in [0.3, 0.4) is 0 Å². The average Bonchev–Trinajstić information content (AvgIpc) is 2.92. The van der Waals surface area contributed by atoms with Crippen LogP contribution in [0.5, 0.6) is 0 Å². The molecule has 21 heavy (non-hydrogen) atoms. The standard InChI is InChI=1S/C15H28N4OS/c1-6-19(7-2)15-18-10-13(21-15)9-16-12(5)14(20)17-8-11(3)4/h10-12,16H,6-9H2,1-5H3,(H,17,20). The van der Waals surface area contributed by atoms with Crippen molar-refractivity contribution in [1.82, 2.24) is 15.6 Å². The minimum absolute atomic E-state index is 0.0529. The highest BCUT2D eigenvalue weighted by molar-refractivity contribution is 7.15. The summed E-state index contributed by atoms with van der Waals surface area (Å²) < 4.78 is 0. The lowest BCUT2D eigenvalue weighted by molar-refractivity contribution is -0.122. The molecule has 5 nitrogen and oxygen atoms in total. The summed E-state index contributed by atoms with van der Waals surface area (Å²) in [5.74, 6) is 0.524. The van der Waals surface area contributed by atoms with Gasteiger partial charge in [0.25, 0.3) is 0 Å².